The van der Waals surface area contributed by atoms with Crippen molar-refractivity contribution in [2.24, 2.45) is 0 Å². The summed E-state index contributed by atoms with van der Waals surface area (Å²) in [6, 6.07) is 20.5. The highest BCUT2D eigenvalue weighted by Gasteiger charge is 2.33. The van der Waals surface area contributed by atoms with Gasteiger partial charge in [0.25, 0.3) is 11.5 Å². The number of benzene rings is 2. The smallest absolute Gasteiger partial charge is 0.265 e. The van der Waals surface area contributed by atoms with E-state index >= 15 is 0 Å². The first-order valence-electron chi connectivity index (χ1n) is 10.2. The van der Waals surface area contributed by atoms with Crippen LogP contribution in [0.3, 0.4) is 0 Å². The SMILES string of the molecule is CC1Cc2ccccc2N1C(=O)c1cc2cccnc2n(Cc2ccc(Cl)cc2)c1=O. The van der Waals surface area contributed by atoms with E-state index in [4.69, 9.17) is 11.6 Å². The summed E-state index contributed by atoms with van der Waals surface area (Å²) in [6.07, 6.45) is 2.43. The number of carbonyl (C=O) groups is 1. The molecule has 0 spiro atoms. The Hall–Kier alpha value is -3.44. The van der Waals surface area contributed by atoms with Gasteiger partial charge in [-0.15, -0.1) is 0 Å². The number of hydrogen-bond donors (Lipinski definition) is 0. The molecule has 0 saturated heterocycles. The third-order valence-corrected chi connectivity index (χ3v) is 6.01. The molecular weight excluding hydrogens is 410 g/mol. The van der Waals surface area contributed by atoms with Crippen molar-refractivity contribution in [3.8, 4) is 0 Å². The standard InChI is InChI=1S/C25H20ClN3O2/c1-16-13-18-5-2-3-7-22(18)29(16)25(31)21-14-19-6-4-12-27-23(19)28(24(21)30)15-17-8-10-20(26)11-9-17/h2-12,14,16H,13,15H2,1H3. The number of aromatic nitrogens is 2. The van der Waals surface area contributed by atoms with Gasteiger partial charge >= 0.3 is 0 Å². The van der Waals surface area contributed by atoms with Crippen LogP contribution >= 0.6 is 11.6 Å². The topological polar surface area (TPSA) is 55.2 Å². The van der Waals surface area contributed by atoms with E-state index in [1.54, 1.807) is 33.9 Å². The molecule has 0 radical (unpaired) electrons. The molecule has 1 atom stereocenters. The van der Waals surface area contributed by atoms with Gasteiger partial charge in [-0.2, -0.15) is 0 Å². The zero-order valence-electron chi connectivity index (χ0n) is 17.0. The van der Waals surface area contributed by atoms with Crippen molar-refractivity contribution in [2.75, 3.05) is 4.90 Å². The lowest BCUT2D eigenvalue weighted by Crippen LogP contribution is -2.40. The predicted molar refractivity (Wildman–Crippen MR) is 123 cm³/mol. The number of amides is 1. The van der Waals surface area contributed by atoms with Gasteiger partial charge in [0.2, 0.25) is 0 Å². The highest BCUT2D eigenvalue weighted by molar-refractivity contribution is 6.30. The Bertz CT molecular complexity index is 1360. The monoisotopic (exact) mass is 429 g/mol. The molecule has 0 fully saturated rings. The number of fused-ring (bicyclic) bond motifs is 2. The molecule has 0 saturated carbocycles. The van der Waals surface area contributed by atoms with E-state index in [0.29, 0.717) is 17.2 Å². The van der Waals surface area contributed by atoms with Crippen molar-refractivity contribution >= 4 is 34.2 Å². The summed E-state index contributed by atoms with van der Waals surface area (Å²) in [5, 5.41) is 1.38. The average Bonchev–Trinajstić information content (AvgIpc) is 3.12. The molecule has 1 aliphatic heterocycles. The molecule has 154 valence electrons. The van der Waals surface area contributed by atoms with Gasteiger partial charge in [0.05, 0.1) is 6.54 Å². The lowest BCUT2D eigenvalue weighted by atomic mass is 10.1. The van der Waals surface area contributed by atoms with Gasteiger partial charge in [-0.25, -0.2) is 4.98 Å². The van der Waals surface area contributed by atoms with Crippen LogP contribution < -0.4 is 10.5 Å². The fourth-order valence-corrected chi connectivity index (χ4v) is 4.41. The fraction of sp³-hybridized carbons (Fsp3) is 0.160. The van der Waals surface area contributed by atoms with Crippen LogP contribution in [0.15, 0.2) is 77.7 Å². The fourth-order valence-electron chi connectivity index (χ4n) is 4.28. The normalized spacial score (nSPS) is 15.3. The van der Waals surface area contributed by atoms with E-state index in [0.717, 1.165) is 28.6 Å². The summed E-state index contributed by atoms with van der Waals surface area (Å²) < 4.78 is 1.57. The summed E-state index contributed by atoms with van der Waals surface area (Å²) >= 11 is 6.00. The Labute approximate surface area is 184 Å². The van der Waals surface area contributed by atoms with Crippen LogP contribution in [0.2, 0.25) is 5.02 Å². The molecule has 1 amide bonds. The maximum Gasteiger partial charge on any atom is 0.265 e. The summed E-state index contributed by atoms with van der Waals surface area (Å²) in [5.41, 5.74) is 3.25. The quantitative estimate of drug-likeness (QED) is 0.474. The molecule has 2 aromatic carbocycles. The Morgan fingerprint density at radius 2 is 1.87 bits per heavy atom. The minimum atomic E-state index is -0.345. The molecule has 31 heavy (non-hydrogen) atoms. The first kappa shape index (κ1) is 19.5. The number of rotatable bonds is 3. The van der Waals surface area contributed by atoms with Crippen LogP contribution in [0.5, 0.6) is 0 Å². The maximum atomic E-state index is 13.6. The predicted octanol–water partition coefficient (Wildman–Crippen LogP) is 4.69. The third kappa shape index (κ3) is 3.41. The van der Waals surface area contributed by atoms with E-state index < -0.39 is 0 Å². The van der Waals surface area contributed by atoms with E-state index in [9.17, 15) is 9.59 Å². The van der Waals surface area contributed by atoms with Crippen molar-refractivity contribution < 1.29 is 4.79 Å². The first-order chi connectivity index (χ1) is 15.0. The Morgan fingerprint density at radius 3 is 2.68 bits per heavy atom. The Balaban J connectivity index is 1.64. The summed E-state index contributed by atoms with van der Waals surface area (Å²) in [5.74, 6) is -0.280. The lowest BCUT2D eigenvalue weighted by Gasteiger charge is -2.23. The summed E-state index contributed by atoms with van der Waals surface area (Å²) in [7, 11) is 0. The number of hydrogen-bond acceptors (Lipinski definition) is 3. The molecule has 5 nitrogen and oxygen atoms in total. The molecule has 0 N–H and O–H groups in total. The van der Waals surface area contributed by atoms with Crippen LogP contribution in [0.1, 0.15) is 28.4 Å². The molecule has 1 aliphatic rings. The van der Waals surface area contributed by atoms with Gasteiger partial charge in [0.1, 0.15) is 11.2 Å². The van der Waals surface area contributed by atoms with Crippen LogP contribution in [0.4, 0.5) is 5.69 Å². The van der Waals surface area contributed by atoms with Gasteiger partial charge in [0, 0.05) is 28.3 Å². The van der Waals surface area contributed by atoms with Crippen molar-refractivity contribution in [3.63, 3.8) is 0 Å². The van der Waals surface area contributed by atoms with Crippen molar-refractivity contribution in [1.82, 2.24) is 9.55 Å². The molecule has 5 rings (SSSR count). The Morgan fingerprint density at radius 1 is 1.10 bits per heavy atom. The van der Waals surface area contributed by atoms with E-state index in [-0.39, 0.29) is 23.1 Å². The molecule has 0 aliphatic carbocycles. The summed E-state index contributed by atoms with van der Waals surface area (Å²) in [4.78, 5) is 33.3. The van der Waals surface area contributed by atoms with Crippen LogP contribution in [0, 0.1) is 0 Å². The second kappa shape index (κ2) is 7.67. The largest absolute Gasteiger partial charge is 0.305 e. The number of nitrogens with zero attached hydrogens (tertiary/aromatic N) is 3. The van der Waals surface area contributed by atoms with Crippen molar-refractivity contribution in [2.45, 2.75) is 25.9 Å². The zero-order chi connectivity index (χ0) is 21.5. The van der Waals surface area contributed by atoms with Gasteiger partial charge in [-0.1, -0.05) is 41.9 Å². The third-order valence-electron chi connectivity index (χ3n) is 5.76. The molecule has 6 heteroatoms. The number of para-hydroxylation sites is 1. The van der Waals surface area contributed by atoms with Crippen LogP contribution in [-0.4, -0.2) is 21.5 Å². The second-order valence-corrected chi connectivity index (χ2v) is 8.29. The molecule has 0 bridgehead atoms. The second-order valence-electron chi connectivity index (χ2n) is 7.85. The van der Waals surface area contributed by atoms with E-state index in [1.165, 1.54) is 0 Å². The molecule has 1 unspecified atom stereocenters. The minimum Gasteiger partial charge on any atom is -0.305 e. The van der Waals surface area contributed by atoms with Crippen LogP contribution in [-0.2, 0) is 13.0 Å². The minimum absolute atomic E-state index is 0.0152. The maximum absolute atomic E-state index is 13.6. The first-order valence-corrected chi connectivity index (χ1v) is 10.5. The number of pyridine rings is 2. The van der Waals surface area contributed by atoms with Crippen molar-refractivity contribution in [1.29, 1.82) is 0 Å². The molecular formula is C25H20ClN3O2. The van der Waals surface area contributed by atoms with Gasteiger partial charge in [-0.05, 0) is 60.9 Å². The summed E-state index contributed by atoms with van der Waals surface area (Å²) in [6.45, 7) is 2.31. The highest BCUT2D eigenvalue weighted by Crippen LogP contribution is 2.33. The van der Waals surface area contributed by atoms with Gasteiger partial charge in [0.15, 0.2) is 0 Å². The molecule has 3 heterocycles. The number of anilines is 1. The highest BCUT2D eigenvalue weighted by atomic mass is 35.5. The zero-order valence-corrected chi connectivity index (χ0v) is 17.7. The van der Waals surface area contributed by atoms with Crippen molar-refractivity contribution in [3.05, 3.63) is 105 Å². The van der Waals surface area contributed by atoms with E-state index in [2.05, 4.69) is 4.98 Å². The average molecular weight is 430 g/mol. The van der Waals surface area contributed by atoms with Gasteiger partial charge in [-0.3, -0.25) is 14.2 Å². The molecule has 2 aromatic heterocycles. The van der Waals surface area contributed by atoms with Crippen LogP contribution in [0.25, 0.3) is 11.0 Å². The Kier molecular flexibility index (Phi) is 4.83. The van der Waals surface area contributed by atoms with E-state index in [1.807, 2.05) is 55.5 Å². The number of halogens is 1. The lowest BCUT2D eigenvalue weighted by molar-refractivity contribution is 0.0979. The number of carbonyl (C=O) groups excluding carboxylic acids is 1. The van der Waals surface area contributed by atoms with Gasteiger partial charge < -0.3 is 4.90 Å². The molecule has 4 aromatic rings.